The first-order valence-corrected chi connectivity index (χ1v) is 10.2. The van der Waals surface area contributed by atoms with Crippen molar-refractivity contribution in [3.8, 4) is 0 Å². The van der Waals surface area contributed by atoms with E-state index in [2.05, 4.69) is 17.2 Å². The molecule has 1 aromatic heterocycles. The Morgan fingerprint density at radius 3 is 2.63 bits per heavy atom. The Hall–Kier alpha value is -3.12. The maximum atomic E-state index is 12.9. The van der Waals surface area contributed by atoms with Gasteiger partial charge in [-0.3, -0.25) is 14.3 Å². The molecule has 0 N–H and O–H groups in total. The van der Waals surface area contributed by atoms with E-state index < -0.39 is 0 Å². The molecular weight excluding hydrogens is 400 g/mol. The molecule has 2 amide bonds. The summed E-state index contributed by atoms with van der Waals surface area (Å²) in [6.07, 6.45) is 3.93. The van der Waals surface area contributed by atoms with Gasteiger partial charge in [-0.15, -0.1) is 0 Å². The van der Waals surface area contributed by atoms with Gasteiger partial charge in [0.1, 0.15) is 0 Å². The van der Waals surface area contributed by atoms with Crippen LogP contribution in [0.3, 0.4) is 0 Å². The fourth-order valence-corrected chi connectivity index (χ4v) is 4.02. The summed E-state index contributed by atoms with van der Waals surface area (Å²) in [5.74, 6) is -0.502. The summed E-state index contributed by atoms with van der Waals surface area (Å²) in [7, 11) is 1.76. The van der Waals surface area contributed by atoms with Crippen LogP contribution in [0.2, 0.25) is 5.02 Å². The second kappa shape index (κ2) is 8.71. The van der Waals surface area contributed by atoms with Gasteiger partial charge in [-0.25, -0.2) is 0 Å². The van der Waals surface area contributed by atoms with E-state index in [0.717, 1.165) is 5.56 Å². The lowest BCUT2D eigenvalue weighted by atomic mass is 10.1. The third-order valence-electron chi connectivity index (χ3n) is 5.29. The molecule has 1 aliphatic rings. The quantitative estimate of drug-likeness (QED) is 0.610. The van der Waals surface area contributed by atoms with Gasteiger partial charge in [0.15, 0.2) is 0 Å². The van der Waals surface area contributed by atoms with Gasteiger partial charge in [0.05, 0.1) is 29.4 Å². The molecule has 6 nitrogen and oxygen atoms in total. The number of carbonyl (C=O) groups excluding carboxylic acids is 2. The van der Waals surface area contributed by atoms with Gasteiger partial charge in [-0.2, -0.15) is 5.10 Å². The monoisotopic (exact) mass is 422 g/mol. The summed E-state index contributed by atoms with van der Waals surface area (Å²) in [6.45, 7) is 1.48. The van der Waals surface area contributed by atoms with Crippen LogP contribution in [0.15, 0.2) is 67.0 Å². The van der Waals surface area contributed by atoms with Crippen LogP contribution in [0.25, 0.3) is 0 Å². The largest absolute Gasteiger partial charge is 0.341 e. The van der Waals surface area contributed by atoms with E-state index in [9.17, 15) is 9.59 Å². The van der Waals surface area contributed by atoms with Gasteiger partial charge in [0.2, 0.25) is 11.8 Å². The minimum atomic E-state index is -0.377. The Balaban J connectivity index is 1.37. The first kappa shape index (κ1) is 20.2. The highest BCUT2D eigenvalue weighted by molar-refractivity contribution is 6.33. The number of carbonyl (C=O) groups is 2. The second-order valence-corrected chi connectivity index (χ2v) is 7.99. The van der Waals surface area contributed by atoms with Gasteiger partial charge < -0.3 is 9.80 Å². The normalized spacial score (nSPS) is 16.1. The highest BCUT2D eigenvalue weighted by Crippen LogP contribution is 2.31. The van der Waals surface area contributed by atoms with Gasteiger partial charge in [-0.1, -0.05) is 54.1 Å². The number of aromatic nitrogens is 2. The van der Waals surface area contributed by atoms with Crippen molar-refractivity contribution in [2.24, 2.45) is 5.92 Å². The smallest absolute Gasteiger partial charge is 0.228 e. The highest BCUT2D eigenvalue weighted by atomic mass is 35.5. The molecule has 2 heterocycles. The third-order valence-corrected chi connectivity index (χ3v) is 5.61. The molecule has 0 unspecified atom stereocenters. The molecule has 0 bridgehead atoms. The Bertz CT molecular complexity index is 1050. The summed E-state index contributed by atoms with van der Waals surface area (Å²) in [5, 5.41) is 4.91. The van der Waals surface area contributed by atoms with E-state index >= 15 is 0 Å². The molecule has 3 aromatic rings. The van der Waals surface area contributed by atoms with Crippen LogP contribution >= 0.6 is 11.6 Å². The fraction of sp³-hybridized carbons (Fsp3) is 0.261. The van der Waals surface area contributed by atoms with Gasteiger partial charge in [0, 0.05) is 38.3 Å². The number of amides is 2. The van der Waals surface area contributed by atoms with Crippen molar-refractivity contribution in [2.75, 3.05) is 18.5 Å². The average Bonchev–Trinajstić information content (AvgIpc) is 3.35. The van der Waals surface area contributed by atoms with Crippen LogP contribution in [-0.4, -0.2) is 40.1 Å². The van der Waals surface area contributed by atoms with Crippen molar-refractivity contribution >= 4 is 29.1 Å². The van der Waals surface area contributed by atoms with E-state index in [1.165, 1.54) is 5.56 Å². The zero-order chi connectivity index (χ0) is 21.1. The van der Waals surface area contributed by atoms with Crippen molar-refractivity contribution in [2.45, 2.75) is 19.5 Å². The minimum absolute atomic E-state index is 0.0475. The predicted octanol–water partition coefficient (Wildman–Crippen LogP) is 3.60. The van der Waals surface area contributed by atoms with Crippen LogP contribution in [0.5, 0.6) is 0 Å². The van der Waals surface area contributed by atoms with Crippen molar-refractivity contribution < 1.29 is 9.59 Å². The standard InChI is InChI=1S/C23H23ClN4O2/c1-26(13-18-12-25-27(15-18)14-17-7-3-2-4-8-17)23(30)19-11-22(29)28(16-19)21-10-6-5-9-20(21)24/h2-10,12,15,19H,11,13-14,16H2,1H3/t19-/m1/s1. The lowest BCUT2D eigenvalue weighted by Crippen LogP contribution is -2.34. The Labute approximate surface area is 180 Å². The van der Waals surface area contributed by atoms with Gasteiger partial charge in [-0.05, 0) is 17.7 Å². The number of nitrogens with zero attached hydrogens (tertiary/aromatic N) is 4. The van der Waals surface area contributed by atoms with Crippen LogP contribution in [0.1, 0.15) is 17.5 Å². The predicted molar refractivity (Wildman–Crippen MR) is 116 cm³/mol. The molecule has 0 saturated carbocycles. The Kier molecular flexibility index (Phi) is 5.86. The summed E-state index contributed by atoms with van der Waals surface area (Å²) >= 11 is 6.23. The highest BCUT2D eigenvalue weighted by Gasteiger charge is 2.37. The molecule has 1 fully saturated rings. The number of benzene rings is 2. The summed E-state index contributed by atoms with van der Waals surface area (Å²) in [6, 6.07) is 17.3. The molecular formula is C23H23ClN4O2. The summed E-state index contributed by atoms with van der Waals surface area (Å²) in [5.41, 5.74) is 2.78. The number of para-hydroxylation sites is 1. The molecule has 0 aliphatic carbocycles. The van der Waals surface area contributed by atoms with Crippen molar-refractivity contribution in [3.05, 3.63) is 83.1 Å². The second-order valence-electron chi connectivity index (χ2n) is 7.58. The van der Waals surface area contributed by atoms with Crippen molar-refractivity contribution in [1.82, 2.24) is 14.7 Å². The molecule has 1 saturated heterocycles. The Morgan fingerprint density at radius 1 is 1.13 bits per heavy atom. The summed E-state index contributed by atoms with van der Waals surface area (Å²) < 4.78 is 1.86. The van der Waals surface area contributed by atoms with E-state index in [0.29, 0.717) is 30.3 Å². The number of rotatable bonds is 6. The van der Waals surface area contributed by atoms with E-state index in [4.69, 9.17) is 11.6 Å². The zero-order valence-corrected chi connectivity index (χ0v) is 17.5. The molecule has 30 heavy (non-hydrogen) atoms. The first-order valence-electron chi connectivity index (χ1n) is 9.86. The van der Waals surface area contributed by atoms with Crippen molar-refractivity contribution in [1.29, 1.82) is 0 Å². The molecule has 1 aliphatic heterocycles. The van der Waals surface area contributed by atoms with Crippen molar-refractivity contribution in [3.63, 3.8) is 0 Å². The third kappa shape index (κ3) is 4.39. The molecule has 1 atom stereocenters. The molecule has 154 valence electrons. The molecule has 0 spiro atoms. The lowest BCUT2D eigenvalue weighted by molar-refractivity contribution is -0.135. The lowest BCUT2D eigenvalue weighted by Gasteiger charge is -2.21. The van der Waals surface area contributed by atoms with E-state index in [-0.39, 0.29) is 24.2 Å². The van der Waals surface area contributed by atoms with Gasteiger partial charge >= 0.3 is 0 Å². The molecule has 0 radical (unpaired) electrons. The zero-order valence-electron chi connectivity index (χ0n) is 16.7. The molecule has 2 aromatic carbocycles. The topological polar surface area (TPSA) is 58.4 Å². The van der Waals surface area contributed by atoms with Crippen LogP contribution < -0.4 is 4.90 Å². The summed E-state index contributed by atoms with van der Waals surface area (Å²) in [4.78, 5) is 28.7. The minimum Gasteiger partial charge on any atom is -0.341 e. The molecule has 4 rings (SSSR count). The number of halogens is 1. The maximum Gasteiger partial charge on any atom is 0.228 e. The van der Waals surface area contributed by atoms with Crippen LogP contribution in [0.4, 0.5) is 5.69 Å². The van der Waals surface area contributed by atoms with Gasteiger partial charge in [0.25, 0.3) is 0 Å². The Morgan fingerprint density at radius 2 is 1.87 bits per heavy atom. The van der Waals surface area contributed by atoms with Crippen LogP contribution in [0, 0.1) is 5.92 Å². The number of anilines is 1. The van der Waals surface area contributed by atoms with E-state index in [1.54, 1.807) is 35.2 Å². The first-order chi connectivity index (χ1) is 14.5. The van der Waals surface area contributed by atoms with E-state index in [1.807, 2.05) is 41.2 Å². The number of hydrogen-bond acceptors (Lipinski definition) is 3. The molecule has 7 heteroatoms. The SMILES string of the molecule is CN(Cc1cnn(Cc2ccccc2)c1)C(=O)[C@@H]1CC(=O)N(c2ccccc2Cl)C1. The maximum absolute atomic E-state index is 12.9. The number of hydrogen-bond donors (Lipinski definition) is 0. The van der Waals surface area contributed by atoms with Crippen LogP contribution in [-0.2, 0) is 22.7 Å². The fourth-order valence-electron chi connectivity index (χ4n) is 3.78. The average molecular weight is 423 g/mol.